The predicted octanol–water partition coefficient (Wildman–Crippen LogP) is 2.26. The normalized spacial score (nSPS) is 17.2. The van der Waals surface area contributed by atoms with Gasteiger partial charge in [0.25, 0.3) is 0 Å². The van der Waals surface area contributed by atoms with Gasteiger partial charge in [0.1, 0.15) is 11.0 Å². The van der Waals surface area contributed by atoms with Crippen molar-refractivity contribution < 1.29 is 19.4 Å². The second-order valence-electron chi connectivity index (χ2n) is 6.09. The third-order valence-corrected chi connectivity index (χ3v) is 3.31. The van der Waals surface area contributed by atoms with Crippen LogP contribution in [0.1, 0.15) is 26.3 Å². The van der Waals surface area contributed by atoms with Gasteiger partial charge in [-0.05, 0) is 26.3 Å². The van der Waals surface area contributed by atoms with Crippen LogP contribution in [0, 0.1) is 0 Å². The van der Waals surface area contributed by atoms with Gasteiger partial charge in [-0.25, -0.2) is 4.79 Å². The number of amides is 1. The number of carboxylic acid groups (broad SMARTS) is 1. The van der Waals surface area contributed by atoms with E-state index in [1.807, 2.05) is 6.07 Å². The van der Waals surface area contributed by atoms with Crippen molar-refractivity contribution in [3.63, 3.8) is 0 Å². The van der Waals surface area contributed by atoms with E-state index in [9.17, 15) is 14.7 Å². The first-order chi connectivity index (χ1) is 9.24. The minimum atomic E-state index is -1.02. The summed E-state index contributed by atoms with van der Waals surface area (Å²) in [6.45, 7) is 5.63. The highest BCUT2D eigenvalue weighted by Crippen LogP contribution is 2.35. The predicted molar refractivity (Wildman–Crippen MR) is 73.6 cm³/mol. The molecule has 5 nitrogen and oxygen atoms in total. The van der Waals surface area contributed by atoms with Crippen molar-refractivity contribution in [3.8, 4) is 0 Å². The molecule has 5 heteroatoms. The molecule has 0 bridgehead atoms. The maximum Gasteiger partial charge on any atom is 0.410 e. The minimum Gasteiger partial charge on any atom is -0.480 e. The Hall–Kier alpha value is -2.04. The summed E-state index contributed by atoms with van der Waals surface area (Å²) in [6.07, 6.45) is -0.467. The second kappa shape index (κ2) is 4.81. The number of aliphatic carboxylic acids is 1. The molecule has 0 aliphatic carbocycles. The lowest BCUT2D eigenvalue weighted by atomic mass is 9.74. The quantitative estimate of drug-likeness (QED) is 0.900. The van der Waals surface area contributed by atoms with Crippen molar-refractivity contribution in [2.45, 2.75) is 31.8 Å². The van der Waals surface area contributed by atoms with Crippen molar-refractivity contribution >= 4 is 12.1 Å². The lowest BCUT2D eigenvalue weighted by Gasteiger charge is -2.47. The molecule has 1 aliphatic heterocycles. The molecule has 0 aromatic heterocycles. The molecule has 1 heterocycles. The Morgan fingerprint density at radius 1 is 1.20 bits per heavy atom. The van der Waals surface area contributed by atoms with Crippen LogP contribution in [0.15, 0.2) is 30.3 Å². The molecule has 1 fully saturated rings. The van der Waals surface area contributed by atoms with Gasteiger partial charge in [0.2, 0.25) is 0 Å². The van der Waals surface area contributed by atoms with E-state index >= 15 is 0 Å². The van der Waals surface area contributed by atoms with Crippen molar-refractivity contribution in [1.29, 1.82) is 0 Å². The molecule has 20 heavy (non-hydrogen) atoms. The fourth-order valence-electron chi connectivity index (χ4n) is 2.26. The van der Waals surface area contributed by atoms with E-state index in [-0.39, 0.29) is 13.1 Å². The van der Waals surface area contributed by atoms with E-state index in [0.717, 1.165) is 0 Å². The molecule has 0 radical (unpaired) electrons. The zero-order valence-electron chi connectivity index (χ0n) is 11.9. The molecule has 2 rings (SSSR count). The van der Waals surface area contributed by atoms with E-state index in [2.05, 4.69) is 0 Å². The third kappa shape index (κ3) is 2.61. The summed E-state index contributed by atoms with van der Waals surface area (Å²) in [6, 6.07) is 9.00. The highest BCUT2D eigenvalue weighted by Gasteiger charge is 2.53. The number of ether oxygens (including phenoxy) is 1. The largest absolute Gasteiger partial charge is 0.480 e. The molecule has 1 aromatic carbocycles. The molecular formula is C15H19NO4. The summed E-state index contributed by atoms with van der Waals surface area (Å²) in [7, 11) is 0. The Kier molecular flexibility index (Phi) is 3.46. The van der Waals surface area contributed by atoms with E-state index in [4.69, 9.17) is 4.74 Å². The highest BCUT2D eigenvalue weighted by atomic mass is 16.6. The number of carbonyl (C=O) groups is 2. The van der Waals surface area contributed by atoms with Gasteiger partial charge in [0.05, 0.1) is 0 Å². The van der Waals surface area contributed by atoms with Crippen LogP contribution in [0.4, 0.5) is 4.79 Å². The maximum atomic E-state index is 11.9. The highest BCUT2D eigenvalue weighted by molar-refractivity contribution is 5.86. The molecule has 1 aliphatic rings. The number of hydrogen-bond acceptors (Lipinski definition) is 3. The first kappa shape index (κ1) is 14.4. The van der Waals surface area contributed by atoms with Crippen molar-refractivity contribution in [3.05, 3.63) is 35.9 Å². The summed E-state index contributed by atoms with van der Waals surface area (Å²) in [4.78, 5) is 24.9. The van der Waals surface area contributed by atoms with Gasteiger partial charge < -0.3 is 14.7 Å². The van der Waals surface area contributed by atoms with Crippen LogP contribution >= 0.6 is 0 Å². The van der Waals surface area contributed by atoms with Crippen molar-refractivity contribution in [1.82, 2.24) is 4.90 Å². The van der Waals surface area contributed by atoms with Gasteiger partial charge in [0, 0.05) is 13.1 Å². The minimum absolute atomic E-state index is 0.140. The summed E-state index contributed by atoms with van der Waals surface area (Å²) in [5.74, 6) is -0.913. The zero-order valence-corrected chi connectivity index (χ0v) is 11.9. The maximum absolute atomic E-state index is 11.9. The fraction of sp³-hybridized carbons (Fsp3) is 0.467. The van der Waals surface area contributed by atoms with Gasteiger partial charge in [0.15, 0.2) is 0 Å². The van der Waals surface area contributed by atoms with Crippen LogP contribution in [-0.4, -0.2) is 40.8 Å². The number of carboxylic acids is 1. The van der Waals surface area contributed by atoms with Crippen LogP contribution in [0.5, 0.6) is 0 Å². The summed E-state index contributed by atoms with van der Waals surface area (Å²) in [5.41, 5.74) is -0.879. The van der Waals surface area contributed by atoms with E-state index in [1.54, 1.807) is 45.0 Å². The molecule has 0 saturated carbocycles. The van der Waals surface area contributed by atoms with E-state index < -0.39 is 23.1 Å². The molecule has 1 aromatic rings. The molecular weight excluding hydrogens is 258 g/mol. The smallest absolute Gasteiger partial charge is 0.410 e. The molecule has 1 amide bonds. The fourth-order valence-corrected chi connectivity index (χ4v) is 2.26. The first-order valence-electron chi connectivity index (χ1n) is 6.51. The number of hydrogen-bond donors (Lipinski definition) is 1. The van der Waals surface area contributed by atoms with Gasteiger partial charge >= 0.3 is 12.1 Å². The SMILES string of the molecule is CC(C)(C)OC(=O)N1CC(C(=O)O)(c2ccccc2)C1. The lowest BCUT2D eigenvalue weighted by Crippen LogP contribution is -2.65. The van der Waals surface area contributed by atoms with E-state index in [0.29, 0.717) is 5.56 Å². The van der Waals surface area contributed by atoms with Crippen LogP contribution in [-0.2, 0) is 14.9 Å². The van der Waals surface area contributed by atoms with Gasteiger partial charge in [-0.15, -0.1) is 0 Å². The Bertz CT molecular complexity index is 512. The average molecular weight is 277 g/mol. The standard InChI is InChI=1S/C15H19NO4/c1-14(2,3)20-13(19)16-9-15(10-16,12(17)18)11-7-5-4-6-8-11/h4-8H,9-10H2,1-3H3,(H,17,18). The molecule has 0 atom stereocenters. The number of rotatable bonds is 2. The molecule has 0 spiro atoms. The molecule has 1 N–H and O–H groups in total. The zero-order chi connectivity index (χ0) is 15.0. The van der Waals surface area contributed by atoms with Crippen molar-refractivity contribution in [2.75, 3.05) is 13.1 Å². The Morgan fingerprint density at radius 2 is 1.75 bits per heavy atom. The van der Waals surface area contributed by atoms with E-state index in [1.165, 1.54) is 4.90 Å². The second-order valence-corrected chi connectivity index (χ2v) is 6.09. The number of benzene rings is 1. The number of carbonyl (C=O) groups excluding carboxylic acids is 1. The first-order valence-corrected chi connectivity index (χ1v) is 6.51. The van der Waals surface area contributed by atoms with Crippen LogP contribution in [0.25, 0.3) is 0 Å². The Labute approximate surface area is 118 Å². The van der Waals surface area contributed by atoms with Crippen molar-refractivity contribution in [2.24, 2.45) is 0 Å². The summed E-state index contributed by atoms with van der Waals surface area (Å²) in [5, 5.41) is 9.49. The summed E-state index contributed by atoms with van der Waals surface area (Å²) >= 11 is 0. The Balaban J connectivity index is 2.11. The molecule has 1 saturated heterocycles. The average Bonchev–Trinajstić information content (AvgIpc) is 2.26. The molecule has 0 unspecified atom stereocenters. The summed E-state index contributed by atoms with van der Waals surface area (Å²) < 4.78 is 5.24. The van der Waals surface area contributed by atoms with Crippen LogP contribution in [0.2, 0.25) is 0 Å². The van der Waals surface area contributed by atoms with Gasteiger partial charge in [-0.2, -0.15) is 0 Å². The monoisotopic (exact) mass is 277 g/mol. The number of likely N-dealkylation sites (tertiary alicyclic amines) is 1. The van der Waals surface area contributed by atoms with Gasteiger partial charge in [-0.3, -0.25) is 4.79 Å². The van der Waals surface area contributed by atoms with Gasteiger partial charge in [-0.1, -0.05) is 30.3 Å². The topological polar surface area (TPSA) is 66.8 Å². The Morgan fingerprint density at radius 3 is 2.20 bits per heavy atom. The van der Waals surface area contributed by atoms with Crippen LogP contribution in [0.3, 0.4) is 0 Å². The van der Waals surface area contributed by atoms with Crippen LogP contribution < -0.4 is 0 Å². The third-order valence-electron chi connectivity index (χ3n) is 3.31. The molecule has 108 valence electrons. The lowest BCUT2D eigenvalue weighted by molar-refractivity contribution is -0.150. The number of nitrogens with zero attached hydrogens (tertiary/aromatic N) is 1.